The molecule has 1 amide bonds. The molecule has 0 saturated heterocycles. The summed E-state index contributed by atoms with van der Waals surface area (Å²) in [5.74, 6) is -0.0873. The zero-order valence-electron chi connectivity index (χ0n) is 10.9. The van der Waals surface area contributed by atoms with Crippen molar-refractivity contribution in [1.29, 1.82) is 0 Å². The second-order valence-corrected chi connectivity index (χ2v) is 4.77. The lowest BCUT2D eigenvalue weighted by atomic mass is 9.95. The lowest BCUT2D eigenvalue weighted by molar-refractivity contribution is -0.126. The van der Waals surface area contributed by atoms with Crippen LogP contribution in [0.25, 0.3) is 0 Å². The number of rotatable bonds is 5. The van der Waals surface area contributed by atoms with E-state index in [1.54, 1.807) is 6.92 Å². The van der Waals surface area contributed by atoms with E-state index in [-0.39, 0.29) is 11.9 Å². The Balaban J connectivity index is 2.63. The summed E-state index contributed by atoms with van der Waals surface area (Å²) in [5.41, 5.74) is 6.30. The summed E-state index contributed by atoms with van der Waals surface area (Å²) in [5, 5.41) is 2.96. The molecule has 0 aliphatic rings. The Kier molecular flexibility index (Phi) is 4.70. The molecule has 94 valence electrons. The molecule has 17 heavy (non-hydrogen) atoms. The molecule has 1 rings (SSSR count). The standard InChI is InChI=1S/C14H22N2O/c1-4-10-14(3,15)13(17)16-11(2)12-8-6-5-7-9-12/h5-9,11H,4,10,15H2,1-3H3,(H,16,17)/t11-,14-/m1/s1. The van der Waals surface area contributed by atoms with E-state index in [9.17, 15) is 4.79 Å². The molecule has 0 bridgehead atoms. The van der Waals surface area contributed by atoms with Crippen molar-refractivity contribution in [3.63, 3.8) is 0 Å². The maximum atomic E-state index is 12.0. The minimum atomic E-state index is -0.780. The summed E-state index contributed by atoms with van der Waals surface area (Å²) in [6, 6.07) is 9.87. The van der Waals surface area contributed by atoms with Gasteiger partial charge in [0.25, 0.3) is 0 Å². The van der Waals surface area contributed by atoms with E-state index in [2.05, 4.69) is 5.32 Å². The SMILES string of the molecule is CCC[C@@](C)(N)C(=O)N[C@H](C)c1ccccc1. The van der Waals surface area contributed by atoms with Gasteiger partial charge in [-0.05, 0) is 25.8 Å². The zero-order chi connectivity index (χ0) is 12.9. The van der Waals surface area contributed by atoms with Crippen LogP contribution in [0, 0.1) is 0 Å². The molecular weight excluding hydrogens is 212 g/mol. The van der Waals surface area contributed by atoms with E-state index >= 15 is 0 Å². The topological polar surface area (TPSA) is 55.1 Å². The van der Waals surface area contributed by atoms with Gasteiger partial charge in [0, 0.05) is 0 Å². The molecule has 0 radical (unpaired) electrons. The number of carbonyl (C=O) groups excluding carboxylic acids is 1. The first-order valence-corrected chi connectivity index (χ1v) is 6.12. The van der Waals surface area contributed by atoms with Gasteiger partial charge in [-0.3, -0.25) is 4.79 Å². The lowest BCUT2D eigenvalue weighted by Crippen LogP contribution is -2.51. The number of hydrogen-bond acceptors (Lipinski definition) is 2. The highest BCUT2D eigenvalue weighted by Gasteiger charge is 2.28. The van der Waals surface area contributed by atoms with Gasteiger partial charge in [-0.15, -0.1) is 0 Å². The average molecular weight is 234 g/mol. The molecule has 0 aliphatic heterocycles. The summed E-state index contributed by atoms with van der Waals surface area (Å²) >= 11 is 0. The molecular formula is C14H22N2O. The number of nitrogens with two attached hydrogens (primary N) is 1. The van der Waals surface area contributed by atoms with Crippen LogP contribution in [-0.4, -0.2) is 11.4 Å². The van der Waals surface area contributed by atoms with Crippen LogP contribution in [0.1, 0.15) is 45.2 Å². The summed E-state index contributed by atoms with van der Waals surface area (Å²) < 4.78 is 0. The first-order valence-electron chi connectivity index (χ1n) is 6.12. The Hall–Kier alpha value is -1.35. The third kappa shape index (κ3) is 3.86. The van der Waals surface area contributed by atoms with Gasteiger partial charge in [-0.1, -0.05) is 43.7 Å². The van der Waals surface area contributed by atoms with E-state index in [0.29, 0.717) is 6.42 Å². The Morgan fingerprint density at radius 3 is 2.53 bits per heavy atom. The third-order valence-corrected chi connectivity index (χ3v) is 2.94. The Bertz CT molecular complexity index is 360. The van der Waals surface area contributed by atoms with Crippen LogP contribution in [-0.2, 0) is 4.79 Å². The van der Waals surface area contributed by atoms with Gasteiger partial charge in [0.15, 0.2) is 0 Å². The van der Waals surface area contributed by atoms with Crippen molar-refractivity contribution in [2.24, 2.45) is 5.73 Å². The van der Waals surface area contributed by atoms with Gasteiger partial charge >= 0.3 is 0 Å². The number of nitrogens with one attached hydrogen (secondary N) is 1. The maximum absolute atomic E-state index is 12.0. The molecule has 3 N–H and O–H groups in total. The normalized spacial score (nSPS) is 16.0. The molecule has 0 unspecified atom stereocenters. The fourth-order valence-electron chi connectivity index (χ4n) is 1.82. The predicted octanol–water partition coefficient (Wildman–Crippen LogP) is 2.38. The van der Waals surface area contributed by atoms with Gasteiger partial charge in [-0.2, -0.15) is 0 Å². The highest BCUT2D eigenvalue weighted by atomic mass is 16.2. The molecule has 1 aromatic rings. The number of benzene rings is 1. The van der Waals surface area contributed by atoms with Crippen LogP contribution in [0.4, 0.5) is 0 Å². The average Bonchev–Trinajstić information content (AvgIpc) is 2.30. The van der Waals surface area contributed by atoms with Crippen LogP contribution in [0.3, 0.4) is 0 Å². The Morgan fingerprint density at radius 2 is 2.00 bits per heavy atom. The van der Waals surface area contributed by atoms with Crippen LogP contribution >= 0.6 is 0 Å². The minimum absolute atomic E-state index is 0.0107. The van der Waals surface area contributed by atoms with E-state index in [1.807, 2.05) is 44.2 Å². The van der Waals surface area contributed by atoms with E-state index in [1.165, 1.54) is 0 Å². The van der Waals surface area contributed by atoms with Gasteiger partial charge in [0.1, 0.15) is 0 Å². The van der Waals surface area contributed by atoms with Gasteiger partial charge in [0.05, 0.1) is 11.6 Å². The number of hydrogen-bond donors (Lipinski definition) is 2. The number of amides is 1. The molecule has 3 nitrogen and oxygen atoms in total. The third-order valence-electron chi connectivity index (χ3n) is 2.94. The summed E-state index contributed by atoms with van der Waals surface area (Å²) in [4.78, 5) is 12.0. The lowest BCUT2D eigenvalue weighted by Gasteiger charge is -2.25. The quantitative estimate of drug-likeness (QED) is 0.822. The summed E-state index contributed by atoms with van der Waals surface area (Å²) in [6.45, 7) is 5.78. The highest BCUT2D eigenvalue weighted by molar-refractivity contribution is 5.85. The van der Waals surface area contributed by atoms with Crippen molar-refractivity contribution in [3.8, 4) is 0 Å². The van der Waals surface area contributed by atoms with Crippen LogP contribution in [0.15, 0.2) is 30.3 Å². The van der Waals surface area contributed by atoms with Gasteiger partial charge in [-0.25, -0.2) is 0 Å². The molecule has 0 aliphatic carbocycles. The fourth-order valence-corrected chi connectivity index (χ4v) is 1.82. The van der Waals surface area contributed by atoms with Crippen molar-refractivity contribution >= 4 is 5.91 Å². The first kappa shape index (κ1) is 13.7. The zero-order valence-corrected chi connectivity index (χ0v) is 10.9. The van der Waals surface area contributed by atoms with Crippen molar-refractivity contribution in [1.82, 2.24) is 5.32 Å². The van der Waals surface area contributed by atoms with Crippen molar-refractivity contribution < 1.29 is 4.79 Å². The maximum Gasteiger partial charge on any atom is 0.240 e. The van der Waals surface area contributed by atoms with Crippen molar-refractivity contribution in [2.45, 2.75) is 45.2 Å². The van der Waals surface area contributed by atoms with Gasteiger partial charge < -0.3 is 11.1 Å². The van der Waals surface area contributed by atoms with Gasteiger partial charge in [0.2, 0.25) is 5.91 Å². The summed E-state index contributed by atoms with van der Waals surface area (Å²) in [6.07, 6.45) is 1.60. The fraction of sp³-hybridized carbons (Fsp3) is 0.500. The van der Waals surface area contributed by atoms with Crippen LogP contribution < -0.4 is 11.1 Å². The summed E-state index contributed by atoms with van der Waals surface area (Å²) in [7, 11) is 0. The first-order chi connectivity index (χ1) is 7.97. The Morgan fingerprint density at radius 1 is 1.41 bits per heavy atom. The second kappa shape index (κ2) is 5.82. The monoisotopic (exact) mass is 234 g/mol. The molecule has 0 fully saturated rings. The largest absolute Gasteiger partial charge is 0.348 e. The van der Waals surface area contributed by atoms with E-state index in [4.69, 9.17) is 5.73 Å². The molecule has 0 heterocycles. The van der Waals surface area contributed by atoms with Crippen LogP contribution in [0.5, 0.6) is 0 Å². The predicted molar refractivity (Wildman–Crippen MR) is 70.5 cm³/mol. The smallest absolute Gasteiger partial charge is 0.240 e. The molecule has 1 aromatic carbocycles. The van der Waals surface area contributed by atoms with E-state index < -0.39 is 5.54 Å². The van der Waals surface area contributed by atoms with E-state index in [0.717, 1.165) is 12.0 Å². The molecule has 0 spiro atoms. The highest BCUT2D eigenvalue weighted by Crippen LogP contribution is 2.14. The van der Waals surface area contributed by atoms with Crippen molar-refractivity contribution in [2.75, 3.05) is 0 Å². The molecule has 0 saturated carbocycles. The van der Waals surface area contributed by atoms with Crippen LogP contribution in [0.2, 0.25) is 0 Å². The molecule has 2 atom stereocenters. The van der Waals surface area contributed by atoms with Crippen molar-refractivity contribution in [3.05, 3.63) is 35.9 Å². The minimum Gasteiger partial charge on any atom is -0.348 e. The molecule has 0 aromatic heterocycles. The Labute approximate surface area is 103 Å². The number of carbonyl (C=O) groups is 1. The molecule has 3 heteroatoms. The second-order valence-electron chi connectivity index (χ2n) is 4.77.